The van der Waals surface area contributed by atoms with Crippen LogP contribution in [0.4, 0.5) is 0 Å². The normalized spacial score (nSPS) is 51.0. The fraction of sp³-hybridized carbons (Fsp3) is 0.789. The van der Waals surface area contributed by atoms with E-state index in [0.29, 0.717) is 30.0 Å². The summed E-state index contributed by atoms with van der Waals surface area (Å²) in [5, 5.41) is 10.7. The number of hydrogen-bond acceptors (Lipinski definition) is 3. The molecule has 0 amide bonds. The minimum Gasteiger partial charge on any atom is -0.389 e. The molecule has 0 aromatic carbocycles. The van der Waals surface area contributed by atoms with Gasteiger partial charge in [0.25, 0.3) is 0 Å². The first-order valence-electron chi connectivity index (χ1n) is 8.82. The third-order valence-electron chi connectivity index (χ3n) is 7.69. The van der Waals surface area contributed by atoms with Crippen LogP contribution in [0.25, 0.3) is 0 Å². The molecule has 1 N–H and O–H groups in total. The topological polar surface area (TPSA) is 54.4 Å². The lowest BCUT2D eigenvalue weighted by atomic mass is 9.47. The Morgan fingerprint density at radius 1 is 1.05 bits per heavy atom. The number of fused-ring (bicyclic) bond motifs is 5. The first-order chi connectivity index (χ1) is 10.4. The predicted octanol–water partition coefficient (Wildman–Crippen LogP) is 3.06. The van der Waals surface area contributed by atoms with Gasteiger partial charge >= 0.3 is 0 Å². The highest BCUT2D eigenvalue weighted by Gasteiger charge is 2.60. The number of aliphatic hydroxyl groups is 1. The first-order valence-corrected chi connectivity index (χ1v) is 8.82. The first kappa shape index (κ1) is 14.6. The lowest BCUT2D eigenvalue weighted by molar-refractivity contribution is -0.134. The fourth-order valence-electron chi connectivity index (χ4n) is 6.38. The van der Waals surface area contributed by atoms with E-state index in [4.69, 9.17) is 0 Å². The molecule has 22 heavy (non-hydrogen) atoms. The fourth-order valence-corrected chi connectivity index (χ4v) is 6.38. The molecule has 4 aliphatic carbocycles. The van der Waals surface area contributed by atoms with E-state index in [1.165, 1.54) is 0 Å². The largest absolute Gasteiger partial charge is 0.389 e. The summed E-state index contributed by atoms with van der Waals surface area (Å²) in [7, 11) is 0. The molecule has 0 aromatic heterocycles. The van der Waals surface area contributed by atoms with Crippen LogP contribution >= 0.6 is 0 Å². The van der Waals surface area contributed by atoms with E-state index in [9.17, 15) is 14.7 Å². The molecule has 0 bridgehead atoms. The van der Waals surface area contributed by atoms with Crippen molar-refractivity contribution in [3.8, 4) is 0 Å². The minimum absolute atomic E-state index is 0.0385. The number of rotatable bonds is 0. The number of hydrogen-bond donors (Lipinski definition) is 1. The van der Waals surface area contributed by atoms with Crippen LogP contribution < -0.4 is 0 Å². The van der Waals surface area contributed by atoms with Crippen LogP contribution in [0.2, 0.25) is 0 Å². The number of ketones is 2. The van der Waals surface area contributed by atoms with E-state index in [1.807, 2.05) is 0 Å². The van der Waals surface area contributed by atoms with Crippen LogP contribution in [0.5, 0.6) is 0 Å². The van der Waals surface area contributed by atoms with Gasteiger partial charge in [0, 0.05) is 18.3 Å². The average molecular weight is 302 g/mol. The molecule has 4 aliphatic rings. The molecule has 0 aromatic rings. The molecule has 3 fully saturated rings. The number of carbonyl (C=O) groups excluding carboxylic acids is 2. The molecule has 0 aliphatic heterocycles. The van der Waals surface area contributed by atoms with Crippen molar-refractivity contribution in [2.24, 2.45) is 28.6 Å². The summed E-state index contributed by atoms with van der Waals surface area (Å²) in [6.07, 6.45) is 7.24. The van der Waals surface area contributed by atoms with Gasteiger partial charge in [-0.2, -0.15) is 0 Å². The monoisotopic (exact) mass is 302 g/mol. The van der Waals surface area contributed by atoms with Crippen LogP contribution in [0, 0.1) is 28.6 Å². The Balaban J connectivity index is 1.74. The highest BCUT2D eigenvalue weighted by Crippen LogP contribution is 2.64. The van der Waals surface area contributed by atoms with Crippen molar-refractivity contribution in [3.63, 3.8) is 0 Å². The van der Waals surface area contributed by atoms with Crippen LogP contribution in [-0.2, 0) is 9.59 Å². The van der Waals surface area contributed by atoms with Gasteiger partial charge in [0.05, 0.1) is 6.10 Å². The van der Waals surface area contributed by atoms with E-state index < -0.39 is 6.10 Å². The molecule has 3 nitrogen and oxygen atoms in total. The van der Waals surface area contributed by atoms with E-state index >= 15 is 0 Å². The Morgan fingerprint density at radius 2 is 1.77 bits per heavy atom. The van der Waals surface area contributed by atoms with Gasteiger partial charge in [0.15, 0.2) is 5.78 Å². The molecule has 0 unspecified atom stereocenters. The summed E-state index contributed by atoms with van der Waals surface area (Å²) in [6, 6.07) is 0. The van der Waals surface area contributed by atoms with Crippen molar-refractivity contribution in [3.05, 3.63) is 11.6 Å². The Bertz CT molecular complexity index is 577. The van der Waals surface area contributed by atoms with E-state index in [0.717, 1.165) is 44.1 Å². The van der Waals surface area contributed by atoms with Gasteiger partial charge in [-0.15, -0.1) is 0 Å². The van der Waals surface area contributed by atoms with E-state index in [1.54, 1.807) is 6.08 Å². The van der Waals surface area contributed by atoms with Crippen LogP contribution in [0.1, 0.15) is 58.8 Å². The van der Waals surface area contributed by atoms with Crippen molar-refractivity contribution in [2.75, 3.05) is 0 Å². The van der Waals surface area contributed by atoms with Crippen molar-refractivity contribution < 1.29 is 14.7 Å². The second-order valence-corrected chi connectivity index (χ2v) is 8.53. The summed E-state index contributed by atoms with van der Waals surface area (Å²) in [5.74, 6) is 2.01. The van der Waals surface area contributed by atoms with Gasteiger partial charge in [-0.25, -0.2) is 0 Å². The molecular weight excluding hydrogens is 276 g/mol. The van der Waals surface area contributed by atoms with Gasteiger partial charge in [0.1, 0.15) is 5.78 Å². The maximum absolute atomic E-state index is 12.4. The molecule has 4 rings (SSSR count). The average Bonchev–Trinajstić information content (AvgIpc) is 2.77. The maximum atomic E-state index is 12.4. The molecular formula is C19H26O3. The molecule has 0 spiro atoms. The standard InChI is InChI=1S/C19H26O3/c1-18-7-5-11(20)9-15(18)16(21)10-12-13-3-4-17(22)19(13,2)8-6-14(12)18/h9,12-14,16,21H,3-8,10H2,1-2H3/t12-,13-,14-,16-,18+,19-/m1/s1. The quantitative estimate of drug-likeness (QED) is 0.748. The second-order valence-electron chi connectivity index (χ2n) is 8.53. The Labute approximate surface area is 132 Å². The zero-order chi connectivity index (χ0) is 15.7. The molecule has 6 atom stereocenters. The maximum Gasteiger partial charge on any atom is 0.155 e. The molecule has 0 radical (unpaired) electrons. The number of Topliss-reactive ketones (excluding diaryl/α,β-unsaturated/α-hetero) is 1. The van der Waals surface area contributed by atoms with Gasteiger partial charge in [-0.1, -0.05) is 13.8 Å². The van der Waals surface area contributed by atoms with Crippen molar-refractivity contribution in [1.82, 2.24) is 0 Å². The van der Waals surface area contributed by atoms with Gasteiger partial charge in [-0.05, 0) is 66.9 Å². The highest BCUT2D eigenvalue weighted by molar-refractivity contribution is 5.92. The Morgan fingerprint density at radius 3 is 2.55 bits per heavy atom. The lowest BCUT2D eigenvalue weighted by Crippen LogP contribution is -2.54. The third kappa shape index (κ3) is 1.72. The van der Waals surface area contributed by atoms with Crippen molar-refractivity contribution in [2.45, 2.75) is 64.9 Å². The van der Waals surface area contributed by atoms with Gasteiger partial charge < -0.3 is 5.11 Å². The van der Waals surface area contributed by atoms with Crippen LogP contribution in [0.15, 0.2) is 11.6 Å². The van der Waals surface area contributed by atoms with Crippen LogP contribution in [0.3, 0.4) is 0 Å². The zero-order valence-corrected chi connectivity index (χ0v) is 13.6. The second kappa shape index (κ2) is 4.53. The highest BCUT2D eigenvalue weighted by atomic mass is 16.3. The summed E-state index contributed by atoms with van der Waals surface area (Å²) >= 11 is 0. The predicted molar refractivity (Wildman–Crippen MR) is 83.1 cm³/mol. The molecule has 0 saturated heterocycles. The SMILES string of the molecule is C[C@@]12CC[C@@H]3[C@H](C[C@@H](O)C4=CC(=O)CC[C@]43C)[C@H]1CCC2=O. The Hall–Kier alpha value is -0.960. The van der Waals surface area contributed by atoms with E-state index in [-0.39, 0.29) is 16.6 Å². The lowest BCUT2D eigenvalue weighted by Gasteiger charge is -2.58. The molecule has 120 valence electrons. The Kier molecular flexibility index (Phi) is 3.01. The zero-order valence-electron chi connectivity index (χ0n) is 13.6. The molecule has 3 heteroatoms. The number of carbonyl (C=O) groups is 2. The third-order valence-corrected chi connectivity index (χ3v) is 7.69. The summed E-state index contributed by atoms with van der Waals surface area (Å²) in [5.41, 5.74) is 0.796. The summed E-state index contributed by atoms with van der Waals surface area (Å²) in [6.45, 7) is 4.42. The van der Waals surface area contributed by atoms with Gasteiger partial charge in [-0.3, -0.25) is 9.59 Å². The molecule has 0 heterocycles. The minimum atomic E-state index is -0.492. The summed E-state index contributed by atoms with van der Waals surface area (Å²) in [4.78, 5) is 24.2. The van der Waals surface area contributed by atoms with Gasteiger partial charge in [0.2, 0.25) is 0 Å². The smallest absolute Gasteiger partial charge is 0.155 e. The van der Waals surface area contributed by atoms with Crippen LogP contribution in [-0.4, -0.2) is 22.8 Å². The van der Waals surface area contributed by atoms with Crippen molar-refractivity contribution >= 4 is 11.6 Å². The number of aliphatic hydroxyl groups excluding tert-OH is 1. The molecule has 3 saturated carbocycles. The van der Waals surface area contributed by atoms with Crippen molar-refractivity contribution in [1.29, 1.82) is 0 Å². The summed E-state index contributed by atoms with van der Waals surface area (Å²) < 4.78 is 0. The van der Waals surface area contributed by atoms with E-state index in [2.05, 4.69) is 13.8 Å².